The fourth-order valence-corrected chi connectivity index (χ4v) is 6.60. The van der Waals surface area contributed by atoms with E-state index in [4.69, 9.17) is 19.6 Å². The van der Waals surface area contributed by atoms with Crippen molar-refractivity contribution < 1.29 is 14.3 Å². The van der Waals surface area contributed by atoms with Crippen LogP contribution < -0.4 is 5.32 Å². The third-order valence-electron chi connectivity index (χ3n) is 8.95. The third-order valence-corrected chi connectivity index (χ3v) is 8.95. The molecule has 3 aliphatic rings. The zero-order chi connectivity index (χ0) is 30.0. The van der Waals surface area contributed by atoms with Gasteiger partial charge in [-0.25, -0.2) is 9.97 Å². The van der Waals surface area contributed by atoms with Crippen LogP contribution in [0.1, 0.15) is 30.4 Å². The van der Waals surface area contributed by atoms with E-state index in [1.165, 1.54) is 27.9 Å². The zero-order valence-electron chi connectivity index (χ0n) is 25.5. The number of anilines is 2. The molecule has 11 nitrogen and oxygen atoms in total. The van der Waals surface area contributed by atoms with Crippen molar-refractivity contribution in [1.29, 1.82) is 0 Å². The number of nitrogens with one attached hydrogen (secondary N) is 1. The van der Waals surface area contributed by atoms with Crippen molar-refractivity contribution in [2.24, 2.45) is 7.05 Å². The first-order chi connectivity index (χ1) is 21.5. The number of ether oxygens (including phenoxy) is 2. The maximum Gasteiger partial charge on any atom is 0.320 e. The number of carbonyl (C=O) groups excluding carboxylic acids is 1. The van der Waals surface area contributed by atoms with E-state index in [0.717, 1.165) is 63.6 Å². The van der Waals surface area contributed by atoms with Gasteiger partial charge in [0.2, 0.25) is 5.95 Å². The molecule has 2 atom stereocenters. The summed E-state index contributed by atoms with van der Waals surface area (Å²) in [5.74, 6) is 1.47. The zero-order valence-corrected chi connectivity index (χ0v) is 25.5. The van der Waals surface area contributed by atoms with Crippen LogP contribution in [-0.4, -0.2) is 98.7 Å². The Balaban J connectivity index is 0.961. The molecular weight excluding hydrogens is 556 g/mol. The number of aryl methyl sites for hydroxylation is 1. The number of benzene rings is 1. The molecule has 2 aliphatic heterocycles. The quantitative estimate of drug-likeness (QED) is 0.290. The summed E-state index contributed by atoms with van der Waals surface area (Å²) in [6.45, 7) is 9.01. The summed E-state index contributed by atoms with van der Waals surface area (Å²) < 4.78 is 15.0. The number of piperazine rings is 1. The van der Waals surface area contributed by atoms with Crippen LogP contribution in [-0.2, 0) is 34.3 Å². The summed E-state index contributed by atoms with van der Waals surface area (Å²) in [5.41, 5.74) is 7.06. The molecule has 2 fully saturated rings. The van der Waals surface area contributed by atoms with Crippen LogP contribution in [0.4, 0.5) is 11.8 Å². The number of fused-ring (bicyclic) bond motifs is 3. The van der Waals surface area contributed by atoms with E-state index in [1.54, 1.807) is 0 Å². The topological polar surface area (TPSA) is 103 Å². The molecule has 0 saturated carbocycles. The predicted molar refractivity (Wildman–Crippen MR) is 168 cm³/mol. The first kappa shape index (κ1) is 28.7. The Morgan fingerprint density at radius 2 is 1.91 bits per heavy atom. The smallest absolute Gasteiger partial charge is 0.320 e. The maximum atomic E-state index is 12.2. The Bertz CT molecular complexity index is 1600. The number of hydrogen-bond acceptors (Lipinski definition) is 9. The van der Waals surface area contributed by atoms with Crippen LogP contribution in [0.3, 0.4) is 0 Å². The lowest BCUT2D eigenvalue weighted by Crippen LogP contribution is -2.49. The van der Waals surface area contributed by atoms with Gasteiger partial charge in [0, 0.05) is 82.0 Å². The molecular formula is C33H40N8O3. The highest BCUT2D eigenvalue weighted by Crippen LogP contribution is 2.44. The van der Waals surface area contributed by atoms with Gasteiger partial charge in [-0.05, 0) is 23.5 Å². The lowest BCUT2D eigenvalue weighted by molar-refractivity contribution is -0.150. The molecule has 44 heavy (non-hydrogen) atoms. The molecule has 7 rings (SSSR count). The van der Waals surface area contributed by atoms with E-state index >= 15 is 0 Å². The van der Waals surface area contributed by atoms with Gasteiger partial charge < -0.3 is 19.4 Å². The molecule has 1 unspecified atom stereocenters. The van der Waals surface area contributed by atoms with Crippen molar-refractivity contribution in [3.8, 4) is 22.5 Å². The summed E-state index contributed by atoms with van der Waals surface area (Å²) in [5, 5.41) is 8.09. The van der Waals surface area contributed by atoms with Crippen molar-refractivity contribution >= 4 is 17.7 Å². The number of esters is 1. The monoisotopic (exact) mass is 596 g/mol. The second-order valence-corrected chi connectivity index (χ2v) is 12.1. The van der Waals surface area contributed by atoms with Crippen molar-refractivity contribution in [3.63, 3.8) is 0 Å². The molecule has 0 radical (unpaired) electrons. The number of rotatable bonds is 9. The minimum atomic E-state index is -0.149. The van der Waals surface area contributed by atoms with Crippen molar-refractivity contribution in [2.45, 2.75) is 38.3 Å². The standard InChI is InChI=1S/C33H40N8O3/c1-23-18-25-20-38(2)32(24-6-4-3-5-7-24)30(25)31-27(23)19-34-33(36-31)35-28-8-10-41(37-28)16-15-39-11-13-40(14-12-39)21-29(42)44-26-9-17-43-22-26/h3-8,10,19-20,23,26H,9,11-18,21-22H2,1-2H3,(H,34,35,36,37)/t23-,26?/m1/s1. The molecule has 0 amide bonds. The summed E-state index contributed by atoms with van der Waals surface area (Å²) >= 11 is 0. The Labute approximate surface area is 257 Å². The predicted octanol–water partition coefficient (Wildman–Crippen LogP) is 3.70. The van der Waals surface area contributed by atoms with Gasteiger partial charge in [0.15, 0.2) is 5.82 Å². The molecule has 230 valence electrons. The Morgan fingerprint density at radius 3 is 2.70 bits per heavy atom. The maximum absolute atomic E-state index is 12.2. The van der Waals surface area contributed by atoms with Crippen molar-refractivity contribution in [1.82, 2.24) is 34.1 Å². The highest BCUT2D eigenvalue weighted by Gasteiger charge is 2.29. The highest BCUT2D eigenvalue weighted by atomic mass is 16.6. The molecule has 1 aliphatic carbocycles. The fraction of sp³-hybridized carbons (Fsp3) is 0.455. The molecule has 2 saturated heterocycles. The molecule has 5 heterocycles. The summed E-state index contributed by atoms with van der Waals surface area (Å²) in [7, 11) is 2.11. The van der Waals surface area contributed by atoms with Crippen LogP contribution in [0.2, 0.25) is 0 Å². The minimum absolute atomic E-state index is 0.0797. The van der Waals surface area contributed by atoms with Crippen LogP contribution in [0, 0.1) is 0 Å². The summed E-state index contributed by atoms with van der Waals surface area (Å²) in [6, 6.07) is 12.5. The second kappa shape index (κ2) is 12.5. The third kappa shape index (κ3) is 6.12. The van der Waals surface area contributed by atoms with Gasteiger partial charge in [-0.15, -0.1) is 0 Å². The van der Waals surface area contributed by atoms with Gasteiger partial charge in [0.05, 0.1) is 37.7 Å². The SMILES string of the molecule is C[C@@H]1Cc2cn(C)c(-c3ccccc3)c2-c2nc(Nc3ccn(CCN4CCN(CC(=O)OC5CCOC5)CC4)n3)ncc21. The van der Waals surface area contributed by atoms with Crippen LogP contribution in [0.15, 0.2) is 55.0 Å². The minimum Gasteiger partial charge on any atom is -0.459 e. The number of hydrogen-bond donors (Lipinski definition) is 1. The van der Waals surface area contributed by atoms with Gasteiger partial charge >= 0.3 is 5.97 Å². The summed E-state index contributed by atoms with van der Waals surface area (Å²) in [4.78, 5) is 26.6. The lowest BCUT2D eigenvalue weighted by atomic mass is 9.83. The molecule has 11 heteroatoms. The van der Waals surface area contributed by atoms with Crippen LogP contribution in [0.5, 0.6) is 0 Å². The second-order valence-electron chi connectivity index (χ2n) is 12.1. The largest absolute Gasteiger partial charge is 0.459 e. The number of carbonyl (C=O) groups is 1. The fourth-order valence-electron chi connectivity index (χ4n) is 6.60. The average molecular weight is 597 g/mol. The molecule has 0 spiro atoms. The molecule has 0 bridgehead atoms. The summed E-state index contributed by atoms with van der Waals surface area (Å²) in [6.07, 6.45) is 7.90. The first-order valence-electron chi connectivity index (χ1n) is 15.6. The Kier molecular flexibility index (Phi) is 8.16. The van der Waals surface area contributed by atoms with E-state index in [1.807, 2.05) is 29.2 Å². The molecule has 1 aromatic carbocycles. The van der Waals surface area contributed by atoms with E-state index in [0.29, 0.717) is 31.6 Å². The van der Waals surface area contributed by atoms with Crippen molar-refractivity contribution in [2.75, 3.05) is 57.8 Å². The molecule has 3 aromatic heterocycles. The van der Waals surface area contributed by atoms with Gasteiger partial charge in [-0.1, -0.05) is 37.3 Å². The van der Waals surface area contributed by atoms with Gasteiger partial charge in [0.1, 0.15) is 6.10 Å². The number of aromatic nitrogens is 5. The van der Waals surface area contributed by atoms with Gasteiger partial charge in [-0.3, -0.25) is 19.3 Å². The first-order valence-corrected chi connectivity index (χ1v) is 15.6. The molecule has 4 aromatic rings. The van der Waals surface area contributed by atoms with Gasteiger partial charge in [0.25, 0.3) is 0 Å². The lowest BCUT2D eigenvalue weighted by Gasteiger charge is -2.34. The van der Waals surface area contributed by atoms with Crippen LogP contribution >= 0.6 is 0 Å². The Hall–Kier alpha value is -4.06. The van der Waals surface area contributed by atoms with E-state index in [-0.39, 0.29) is 12.1 Å². The average Bonchev–Trinajstić information content (AvgIpc) is 3.78. The van der Waals surface area contributed by atoms with E-state index in [9.17, 15) is 4.79 Å². The Morgan fingerprint density at radius 1 is 1.09 bits per heavy atom. The van der Waals surface area contributed by atoms with E-state index in [2.05, 4.69) is 69.1 Å². The van der Waals surface area contributed by atoms with Crippen LogP contribution in [0.25, 0.3) is 22.5 Å². The number of nitrogens with zero attached hydrogens (tertiary/aromatic N) is 7. The normalized spacial score (nSPS) is 20.3. The van der Waals surface area contributed by atoms with E-state index < -0.39 is 0 Å². The molecule has 1 N–H and O–H groups in total. The van der Waals surface area contributed by atoms with Crippen molar-refractivity contribution in [3.05, 3.63) is 66.1 Å². The van der Waals surface area contributed by atoms with Gasteiger partial charge in [-0.2, -0.15) is 5.10 Å². The highest BCUT2D eigenvalue weighted by molar-refractivity contribution is 5.86.